The van der Waals surface area contributed by atoms with Crippen molar-refractivity contribution in [3.8, 4) is 5.75 Å². The fraction of sp³-hybridized carbons (Fsp3) is 0.574. The molecule has 0 aromatic heterocycles. The summed E-state index contributed by atoms with van der Waals surface area (Å²) in [7, 11) is 0. The van der Waals surface area contributed by atoms with Crippen LogP contribution in [-0.2, 0) is 39.8 Å². The summed E-state index contributed by atoms with van der Waals surface area (Å²) in [6.45, 7) is 13.8. The lowest BCUT2D eigenvalue weighted by molar-refractivity contribution is -0.145. The number of hydrogen-bond donors (Lipinski definition) is 0. The zero-order chi connectivity index (χ0) is 39.7. The fourth-order valence-electron chi connectivity index (χ4n) is 7.51. The Labute approximate surface area is 330 Å². The zero-order valence-corrected chi connectivity index (χ0v) is 33.4. The zero-order valence-electron chi connectivity index (χ0n) is 33.4. The number of rotatable bonds is 25. The van der Waals surface area contributed by atoms with Crippen molar-refractivity contribution in [1.82, 2.24) is 0 Å². The summed E-state index contributed by atoms with van der Waals surface area (Å²) in [4.78, 5) is 48.0. The van der Waals surface area contributed by atoms with E-state index in [0.29, 0.717) is 36.6 Å². The van der Waals surface area contributed by atoms with Crippen molar-refractivity contribution in [2.75, 3.05) is 13.2 Å². The van der Waals surface area contributed by atoms with E-state index in [1.165, 1.54) is 37.8 Å². The molecule has 8 heteroatoms. The molecule has 0 atom stereocenters. The molecule has 0 bridgehead atoms. The quantitative estimate of drug-likeness (QED) is 0.0185. The van der Waals surface area contributed by atoms with E-state index < -0.39 is 0 Å². The summed E-state index contributed by atoms with van der Waals surface area (Å²) in [5, 5.41) is 0. The van der Waals surface area contributed by atoms with Crippen LogP contribution in [-0.4, -0.2) is 37.1 Å². The van der Waals surface area contributed by atoms with Gasteiger partial charge in [-0.15, -0.1) is 0 Å². The molecule has 0 N–H and O–H groups in total. The molecule has 2 aliphatic rings. The van der Waals surface area contributed by atoms with Crippen molar-refractivity contribution in [1.29, 1.82) is 0 Å². The molecule has 0 spiro atoms. The number of allylic oxidation sites excluding steroid dienone is 4. The molecule has 0 saturated heterocycles. The highest BCUT2D eigenvalue weighted by Crippen LogP contribution is 2.34. The molecule has 55 heavy (non-hydrogen) atoms. The van der Waals surface area contributed by atoms with Gasteiger partial charge in [-0.05, 0) is 126 Å². The van der Waals surface area contributed by atoms with Crippen molar-refractivity contribution in [2.24, 2.45) is 23.7 Å². The van der Waals surface area contributed by atoms with E-state index in [-0.39, 0.29) is 35.7 Å². The number of esters is 4. The molecule has 3 rings (SSSR count). The van der Waals surface area contributed by atoms with Gasteiger partial charge in [0.25, 0.3) is 0 Å². The first-order valence-corrected chi connectivity index (χ1v) is 20.8. The van der Waals surface area contributed by atoms with Crippen molar-refractivity contribution in [3.63, 3.8) is 0 Å². The molecule has 1 aromatic carbocycles. The van der Waals surface area contributed by atoms with E-state index >= 15 is 0 Å². The van der Waals surface area contributed by atoms with E-state index in [0.717, 1.165) is 114 Å². The van der Waals surface area contributed by atoms with Crippen LogP contribution in [0.25, 0.3) is 0 Å². The maximum atomic E-state index is 12.9. The third-order valence-electron chi connectivity index (χ3n) is 11.1. The average Bonchev–Trinajstić information content (AvgIpc) is 3.21. The van der Waals surface area contributed by atoms with Crippen molar-refractivity contribution < 1.29 is 38.1 Å². The molecule has 0 heterocycles. The number of hydrogen-bond acceptors (Lipinski definition) is 8. The Morgan fingerprint density at radius 3 is 1.64 bits per heavy atom. The summed E-state index contributed by atoms with van der Waals surface area (Å²) >= 11 is 0. The van der Waals surface area contributed by atoms with Gasteiger partial charge in [0.05, 0.1) is 25.0 Å². The Balaban J connectivity index is 1.25. The number of ether oxygens (including phenoxy) is 4. The van der Waals surface area contributed by atoms with Crippen LogP contribution in [0, 0.1) is 23.7 Å². The van der Waals surface area contributed by atoms with Gasteiger partial charge in [0, 0.05) is 12.2 Å². The molecule has 1 aromatic rings. The molecule has 0 unspecified atom stereocenters. The second-order valence-electron chi connectivity index (χ2n) is 15.3. The van der Waals surface area contributed by atoms with Gasteiger partial charge >= 0.3 is 23.9 Å². The van der Waals surface area contributed by atoms with Gasteiger partial charge in [0.1, 0.15) is 11.5 Å². The third kappa shape index (κ3) is 18.8. The SMILES string of the molecule is C=CC(=O)OCCCCCCC1CCC(C(=O)OC(/C=C\C(=C)CCc2ccc(OC(=O)C3CCC(CCCCCCOC(=O)C=C)CC3)cc2)=C/C)CC1. The molecular formula is C47H66O8. The van der Waals surface area contributed by atoms with Gasteiger partial charge in [0.15, 0.2) is 0 Å². The summed E-state index contributed by atoms with van der Waals surface area (Å²) in [5.74, 6) is 1.38. The molecule has 0 radical (unpaired) electrons. The van der Waals surface area contributed by atoms with Crippen molar-refractivity contribution in [3.05, 3.63) is 91.3 Å². The smallest absolute Gasteiger partial charge is 0.330 e. The topological polar surface area (TPSA) is 105 Å². The lowest BCUT2D eigenvalue weighted by Crippen LogP contribution is -2.25. The highest BCUT2D eigenvalue weighted by Gasteiger charge is 2.29. The Morgan fingerprint density at radius 1 is 0.655 bits per heavy atom. The Morgan fingerprint density at radius 2 is 1.15 bits per heavy atom. The van der Waals surface area contributed by atoms with Gasteiger partial charge in [-0.3, -0.25) is 9.59 Å². The molecule has 8 nitrogen and oxygen atoms in total. The molecule has 0 amide bonds. The first-order chi connectivity index (χ1) is 26.7. The van der Waals surface area contributed by atoms with Crippen LogP contribution in [0.5, 0.6) is 5.75 Å². The molecule has 2 fully saturated rings. The number of carbonyl (C=O) groups excluding carboxylic acids is 4. The lowest BCUT2D eigenvalue weighted by Gasteiger charge is -2.27. The predicted molar refractivity (Wildman–Crippen MR) is 218 cm³/mol. The minimum absolute atomic E-state index is 0.0388. The highest BCUT2D eigenvalue weighted by molar-refractivity contribution is 5.81. The number of carbonyl (C=O) groups is 4. The minimum Gasteiger partial charge on any atom is -0.463 e. The molecule has 0 aliphatic heterocycles. The number of aryl methyl sites for hydroxylation is 1. The maximum absolute atomic E-state index is 12.9. The Hall–Kier alpha value is -4.20. The summed E-state index contributed by atoms with van der Waals surface area (Å²) in [6, 6.07) is 7.74. The first kappa shape index (κ1) is 45.2. The van der Waals surface area contributed by atoms with Crippen LogP contribution in [0.2, 0.25) is 0 Å². The normalized spacial score (nSPS) is 20.0. The predicted octanol–water partition coefficient (Wildman–Crippen LogP) is 11.1. The van der Waals surface area contributed by atoms with Crippen molar-refractivity contribution >= 4 is 23.9 Å². The molecule has 2 saturated carbocycles. The Bertz CT molecular complexity index is 1420. The van der Waals surface area contributed by atoms with Gasteiger partial charge in [-0.1, -0.05) is 94.9 Å². The second-order valence-corrected chi connectivity index (χ2v) is 15.3. The summed E-state index contributed by atoms with van der Waals surface area (Å²) in [5.41, 5.74) is 2.07. The van der Waals surface area contributed by atoms with E-state index in [4.69, 9.17) is 18.9 Å². The lowest BCUT2D eigenvalue weighted by atomic mass is 9.80. The van der Waals surface area contributed by atoms with Gasteiger partial charge < -0.3 is 18.9 Å². The van der Waals surface area contributed by atoms with Gasteiger partial charge in [-0.25, -0.2) is 9.59 Å². The molecule has 2 aliphatic carbocycles. The molecular weight excluding hydrogens is 693 g/mol. The van der Waals surface area contributed by atoms with Crippen LogP contribution >= 0.6 is 0 Å². The fourth-order valence-corrected chi connectivity index (χ4v) is 7.51. The van der Waals surface area contributed by atoms with Gasteiger partial charge in [0.2, 0.25) is 0 Å². The van der Waals surface area contributed by atoms with E-state index in [1.807, 2.05) is 49.4 Å². The van der Waals surface area contributed by atoms with Gasteiger partial charge in [-0.2, -0.15) is 0 Å². The van der Waals surface area contributed by atoms with Crippen molar-refractivity contribution in [2.45, 2.75) is 135 Å². The number of unbranched alkanes of at least 4 members (excludes halogenated alkanes) is 6. The van der Waals surface area contributed by atoms with Crippen LogP contribution in [0.3, 0.4) is 0 Å². The summed E-state index contributed by atoms with van der Waals surface area (Å²) in [6.07, 6.45) is 28.1. The summed E-state index contributed by atoms with van der Waals surface area (Å²) < 4.78 is 21.6. The first-order valence-electron chi connectivity index (χ1n) is 20.8. The van der Waals surface area contributed by atoms with Crippen LogP contribution in [0.4, 0.5) is 0 Å². The van der Waals surface area contributed by atoms with E-state index in [1.54, 1.807) is 0 Å². The van der Waals surface area contributed by atoms with E-state index in [9.17, 15) is 19.2 Å². The van der Waals surface area contributed by atoms with Crippen LogP contribution in [0.15, 0.2) is 85.7 Å². The minimum atomic E-state index is -0.358. The average molecular weight is 759 g/mol. The third-order valence-corrected chi connectivity index (χ3v) is 11.1. The second kappa shape index (κ2) is 26.6. The Kier molecular flexibility index (Phi) is 21.8. The highest BCUT2D eigenvalue weighted by atomic mass is 16.5. The largest absolute Gasteiger partial charge is 0.463 e. The molecule has 302 valence electrons. The number of benzene rings is 1. The van der Waals surface area contributed by atoms with Crippen LogP contribution < -0.4 is 4.74 Å². The monoisotopic (exact) mass is 758 g/mol. The van der Waals surface area contributed by atoms with Crippen LogP contribution in [0.1, 0.15) is 134 Å². The van der Waals surface area contributed by atoms with E-state index in [2.05, 4.69) is 19.7 Å². The maximum Gasteiger partial charge on any atom is 0.330 e. The standard InChI is InChI=1S/C47H66O8/c1-5-42(54-46(50)40-27-21-37(22-28-40)16-12-8-10-14-34-52-44(48)6-2)31-19-36(4)18-20-39-25-32-43(33-26-39)55-47(51)41-29-23-38(24-30-41)17-13-9-11-15-35-53-45(49)7-3/h5-7,19,25-26,31-33,37-38,40-41H,2-4,8-18,20-24,27-30,34-35H2,1H3/b31-19-,42-5+.